The molecule has 3 aliphatic rings. The molecule has 6 nitrogen and oxygen atoms in total. The van der Waals surface area contributed by atoms with E-state index in [1.165, 1.54) is 25.7 Å². The van der Waals surface area contributed by atoms with Gasteiger partial charge in [0.25, 0.3) is 0 Å². The largest absolute Gasteiger partial charge is 0.375 e. The second-order valence-electron chi connectivity index (χ2n) is 6.62. The molecule has 3 rings (SSSR count). The minimum atomic E-state index is -0.652. The first-order valence-corrected chi connectivity index (χ1v) is 8.51. The van der Waals surface area contributed by atoms with Gasteiger partial charge in [0.05, 0.1) is 26.3 Å². The first-order chi connectivity index (χ1) is 10.7. The zero-order valence-electron chi connectivity index (χ0n) is 13.6. The molecular formula is C16H28N2O4. The van der Waals surface area contributed by atoms with Gasteiger partial charge in [0.1, 0.15) is 6.61 Å². The summed E-state index contributed by atoms with van der Waals surface area (Å²) in [4.78, 5) is 16.5. The molecule has 1 aliphatic carbocycles. The molecule has 2 saturated heterocycles. The van der Waals surface area contributed by atoms with Crippen LogP contribution in [0.4, 0.5) is 0 Å². The fourth-order valence-corrected chi connectivity index (χ4v) is 3.91. The van der Waals surface area contributed by atoms with Crippen LogP contribution in [-0.4, -0.2) is 80.6 Å². The third-order valence-electron chi connectivity index (χ3n) is 5.02. The fourth-order valence-electron chi connectivity index (χ4n) is 3.91. The molecule has 1 spiro atoms. The van der Waals surface area contributed by atoms with Crippen LogP contribution in [0.1, 0.15) is 32.1 Å². The smallest absolute Gasteiger partial charge is 0.248 e. The monoisotopic (exact) mass is 312 g/mol. The molecule has 0 aromatic rings. The van der Waals surface area contributed by atoms with Crippen LogP contribution in [0.3, 0.4) is 0 Å². The Morgan fingerprint density at radius 1 is 1.14 bits per heavy atom. The van der Waals surface area contributed by atoms with E-state index in [1.54, 1.807) is 7.11 Å². The second-order valence-corrected chi connectivity index (χ2v) is 6.62. The molecule has 126 valence electrons. The van der Waals surface area contributed by atoms with Crippen molar-refractivity contribution in [2.24, 2.45) is 0 Å². The lowest BCUT2D eigenvalue weighted by atomic mass is 10.1. The number of amides is 1. The summed E-state index contributed by atoms with van der Waals surface area (Å²) in [6, 6.07) is 0.659. The molecule has 1 saturated carbocycles. The standard InChI is InChI=1S/C16H28N2O4/c1-20-11-15(19)18-8-10-22-16(13-18)12-17(7-4-9-21-16)14-5-2-3-6-14/h14H,2-13H2,1H3. The number of nitrogens with zero attached hydrogens (tertiary/aromatic N) is 2. The van der Waals surface area contributed by atoms with Gasteiger partial charge >= 0.3 is 0 Å². The lowest BCUT2D eigenvalue weighted by Crippen LogP contribution is -2.60. The summed E-state index contributed by atoms with van der Waals surface area (Å²) in [6.07, 6.45) is 6.25. The average molecular weight is 312 g/mol. The molecule has 3 fully saturated rings. The molecule has 1 unspecified atom stereocenters. The van der Waals surface area contributed by atoms with Crippen molar-refractivity contribution in [3.63, 3.8) is 0 Å². The second kappa shape index (κ2) is 7.25. The number of methoxy groups -OCH3 is 1. The minimum Gasteiger partial charge on any atom is -0.375 e. The number of morpholine rings is 1. The number of rotatable bonds is 3. The number of carbonyl (C=O) groups is 1. The Balaban J connectivity index is 1.67. The lowest BCUT2D eigenvalue weighted by molar-refractivity contribution is -0.266. The van der Waals surface area contributed by atoms with Crippen LogP contribution in [0, 0.1) is 0 Å². The van der Waals surface area contributed by atoms with E-state index < -0.39 is 5.79 Å². The zero-order valence-corrected chi connectivity index (χ0v) is 13.6. The van der Waals surface area contributed by atoms with Gasteiger partial charge in [-0.15, -0.1) is 0 Å². The van der Waals surface area contributed by atoms with Gasteiger partial charge in [-0.25, -0.2) is 0 Å². The lowest BCUT2D eigenvalue weighted by Gasteiger charge is -2.44. The molecule has 1 amide bonds. The van der Waals surface area contributed by atoms with Crippen LogP contribution in [0.5, 0.6) is 0 Å². The molecule has 6 heteroatoms. The third-order valence-corrected chi connectivity index (χ3v) is 5.02. The Bertz CT molecular complexity index is 386. The van der Waals surface area contributed by atoms with Gasteiger partial charge in [0.15, 0.2) is 5.79 Å². The van der Waals surface area contributed by atoms with Gasteiger partial charge in [0, 0.05) is 26.2 Å². The predicted molar refractivity (Wildman–Crippen MR) is 81.5 cm³/mol. The van der Waals surface area contributed by atoms with Gasteiger partial charge in [-0.2, -0.15) is 0 Å². The van der Waals surface area contributed by atoms with Crippen LogP contribution in [0.15, 0.2) is 0 Å². The first kappa shape index (κ1) is 16.2. The number of ether oxygens (including phenoxy) is 3. The number of hydrogen-bond donors (Lipinski definition) is 0. The molecule has 2 aliphatic heterocycles. The van der Waals surface area contributed by atoms with Gasteiger partial charge < -0.3 is 19.1 Å². The van der Waals surface area contributed by atoms with Crippen LogP contribution in [-0.2, 0) is 19.0 Å². The fraction of sp³-hybridized carbons (Fsp3) is 0.938. The highest BCUT2D eigenvalue weighted by Crippen LogP contribution is 2.30. The van der Waals surface area contributed by atoms with E-state index in [0.29, 0.717) is 32.3 Å². The van der Waals surface area contributed by atoms with Crippen LogP contribution >= 0.6 is 0 Å². The van der Waals surface area contributed by atoms with Crippen molar-refractivity contribution in [2.75, 3.05) is 53.1 Å². The minimum absolute atomic E-state index is 0.0189. The van der Waals surface area contributed by atoms with Crippen molar-refractivity contribution < 1.29 is 19.0 Å². The molecule has 1 atom stereocenters. The highest BCUT2D eigenvalue weighted by Gasteiger charge is 2.43. The number of carbonyl (C=O) groups excluding carboxylic acids is 1. The first-order valence-electron chi connectivity index (χ1n) is 8.51. The molecule has 0 aromatic heterocycles. The van der Waals surface area contributed by atoms with Crippen LogP contribution < -0.4 is 0 Å². The van der Waals surface area contributed by atoms with E-state index in [4.69, 9.17) is 14.2 Å². The van der Waals surface area contributed by atoms with Crippen LogP contribution in [0.25, 0.3) is 0 Å². The molecular weight excluding hydrogens is 284 g/mol. The van der Waals surface area contributed by atoms with Gasteiger partial charge in [0.2, 0.25) is 5.91 Å². The zero-order chi connectivity index (χ0) is 15.4. The Morgan fingerprint density at radius 2 is 1.91 bits per heavy atom. The van der Waals surface area contributed by atoms with Crippen molar-refractivity contribution in [3.05, 3.63) is 0 Å². The quantitative estimate of drug-likeness (QED) is 0.773. The maximum Gasteiger partial charge on any atom is 0.248 e. The summed E-state index contributed by atoms with van der Waals surface area (Å²) >= 11 is 0. The summed E-state index contributed by atoms with van der Waals surface area (Å²) in [5.41, 5.74) is 0. The van der Waals surface area contributed by atoms with Gasteiger partial charge in [-0.05, 0) is 19.3 Å². The van der Waals surface area contributed by atoms with E-state index in [9.17, 15) is 4.79 Å². The number of hydrogen-bond acceptors (Lipinski definition) is 5. The molecule has 2 heterocycles. The SMILES string of the molecule is COCC(=O)N1CCOC2(C1)CN(C1CCCC1)CCCO2. The van der Waals surface area contributed by atoms with E-state index in [1.807, 2.05) is 4.90 Å². The Hall–Kier alpha value is -0.690. The average Bonchev–Trinajstić information content (AvgIpc) is 2.98. The molecule has 0 N–H and O–H groups in total. The van der Waals surface area contributed by atoms with Crippen molar-refractivity contribution in [3.8, 4) is 0 Å². The maximum atomic E-state index is 12.1. The molecule has 22 heavy (non-hydrogen) atoms. The van der Waals surface area contributed by atoms with E-state index in [2.05, 4.69) is 4.90 Å². The van der Waals surface area contributed by atoms with E-state index in [-0.39, 0.29) is 12.5 Å². The summed E-state index contributed by atoms with van der Waals surface area (Å²) in [5.74, 6) is -0.633. The Morgan fingerprint density at radius 3 is 2.68 bits per heavy atom. The van der Waals surface area contributed by atoms with E-state index >= 15 is 0 Å². The predicted octanol–water partition coefficient (Wildman–Crippen LogP) is 0.853. The van der Waals surface area contributed by atoms with Gasteiger partial charge in [-0.3, -0.25) is 9.69 Å². The molecule has 0 radical (unpaired) electrons. The highest BCUT2D eigenvalue weighted by molar-refractivity contribution is 5.77. The normalized spacial score (nSPS) is 31.6. The summed E-state index contributed by atoms with van der Waals surface area (Å²) in [6.45, 7) is 4.34. The highest BCUT2D eigenvalue weighted by atomic mass is 16.7. The van der Waals surface area contributed by atoms with Crippen molar-refractivity contribution in [1.82, 2.24) is 9.80 Å². The Kier molecular flexibility index (Phi) is 5.33. The van der Waals surface area contributed by atoms with Crippen molar-refractivity contribution in [1.29, 1.82) is 0 Å². The van der Waals surface area contributed by atoms with Crippen molar-refractivity contribution in [2.45, 2.75) is 43.9 Å². The molecule has 0 aromatic carbocycles. The summed E-state index contributed by atoms with van der Waals surface area (Å²) in [7, 11) is 1.55. The topological polar surface area (TPSA) is 51.2 Å². The summed E-state index contributed by atoms with van der Waals surface area (Å²) in [5, 5.41) is 0. The summed E-state index contributed by atoms with van der Waals surface area (Å²) < 4.78 is 17.1. The Labute approximate surface area is 132 Å². The molecule has 0 bridgehead atoms. The maximum absolute atomic E-state index is 12.1. The van der Waals surface area contributed by atoms with Crippen molar-refractivity contribution >= 4 is 5.91 Å². The van der Waals surface area contributed by atoms with Gasteiger partial charge in [-0.1, -0.05) is 12.8 Å². The van der Waals surface area contributed by atoms with Crippen LogP contribution in [0.2, 0.25) is 0 Å². The third kappa shape index (κ3) is 3.62. The van der Waals surface area contributed by atoms with E-state index in [0.717, 1.165) is 19.5 Å².